The first-order valence-electron chi connectivity index (χ1n) is 7.68. The van der Waals surface area contributed by atoms with Gasteiger partial charge in [-0.15, -0.1) is 0 Å². The molecule has 0 spiro atoms. The Balaban J connectivity index is 2.47. The van der Waals surface area contributed by atoms with Crippen LogP contribution in [0, 0.1) is 0 Å². The van der Waals surface area contributed by atoms with Crippen molar-refractivity contribution in [1.82, 2.24) is 4.90 Å². The average Bonchev–Trinajstić information content (AvgIpc) is 2.45. The van der Waals surface area contributed by atoms with Crippen LogP contribution in [0.1, 0.15) is 45.1 Å². The van der Waals surface area contributed by atoms with Gasteiger partial charge in [-0.25, -0.2) is 0 Å². The molecular weight excluding hydrogens is 250 g/mol. The SMILES string of the molecule is CCCCCCN(CC(=O)OCC)Cc1ccccc1. The molecule has 0 amide bonds. The van der Waals surface area contributed by atoms with Crippen LogP contribution in [0.25, 0.3) is 0 Å². The van der Waals surface area contributed by atoms with Gasteiger partial charge in [-0.2, -0.15) is 0 Å². The lowest BCUT2D eigenvalue weighted by Gasteiger charge is -2.21. The van der Waals surface area contributed by atoms with Gasteiger partial charge in [0.1, 0.15) is 0 Å². The number of hydrogen-bond donors (Lipinski definition) is 0. The van der Waals surface area contributed by atoms with Crippen LogP contribution in [0.4, 0.5) is 0 Å². The molecule has 0 aliphatic heterocycles. The van der Waals surface area contributed by atoms with E-state index in [1.54, 1.807) is 0 Å². The zero-order valence-corrected chi connectivity index (χ0v) is 12.8. The molecule has 0 aliphatic rings. The van der Waals surface area contributed by atoms with Crippen molar-refractivity contribution < 1.29 is 9.53 Å². The van der Waals surface area contributed by atoms with Crippen LogP contribution in [0.3, 0.4) is 0 Å². The molecule has 1 aromatic carbocycles. The van der Waals surface area contributed by atoms with Gasteiger partial charge in [-0.1, -0.05) is 56.5 Å². The third-order valence-corrected chi connectivity index (χ3v) is 3.23. The van der Waals surface area contributed by atoms with Gasteiger partial charge in [-0.3, -0.25) is 9.69 Å². The summed E-state index contributed by atoms with van der Waals surface area (Å²) in [6, 6.07) is 10.3. The summed E-state index contributed by atoms with van der Waals surface area (Å²) in [5.74, 6) is -0.126. The highest BCUT2D eigenvalue weighted by molar-refractivity contribution is 5.71. The summed E-state index contributed by atoms with van der Waals surface area (Å²) in [7, 11) is 0. The molecule has 1 aromatic rings. The molecule has 1 rings (SSSR count). The van der Waals surface area contributed by atoms with Crippen LogP contribution in [0.2, 0.25) is 0 Å². The maximum Gasteiger partial charge on any atom is 0.320 e. The van der Waals surface area contributed by atoms with Gasteiger partial charge in [0.15, 0.2) is 0 Å². The number of nitrogens with zero attached hydrogens (tertiary/aromatic N) is 1. The third kappa shape index (κ3) is 7.29. The lowest BCUT2D eigenvalue weighted by Crippen LogP contribution is -2.31. The first-order valence-corrected chi connectivity index (χ1v) is 7.68. The Labute approximate surface area is 122 Å². The summed E-state index contributed by atoms with van der Waals surface area (Å²) in [6.07, 6.45) is 4.86. The van der Waals surface area contributed by atoms with E-state index in [9.17, 15) is 4.79 Å². The molecule has 0 bridgehead atoms. The van der Waals surface area contributed by atoms with E-state index in [0.29, 0.717) is 13.2 Å². The van der Waals surface area contributed by atoms with Crippen molar-refractivity contribution >= 4 is 5.97 Å². The van der Waals surface area contributed by atoms with Crippen LogP contribution in [0.5, 0.6) is 0 Å². The third-order valence-electron chi connectivity index (χ3n) is 3.23. The number of unbranched alkanes of at least 4 members (excludes halogenated alkanes) is 3. The summed E-state index contributed by atoms with van der Waals surface area (Å²) in [4.78, 5) is 13.9. The molecule has 0 heterocycles. The second kappa shape index (κ2) is 10.4. The maximum absolute atomic E-state index is 11.7. The summed E-state index contributed by atoms with van der Waals surface area (Å²) in [5.41, 5.74) is 1.24. The number of carbonyl (C=O) groups is 1. The largest absolute Gasteiger partial charge is 0.465 e. The van der Waals surface area contributed by atoms with Crippen molar-refractivity contribution in [3.8, 4) is 0 Å². The number of carbonyl (C=O) groups excluding carboxylic acids is 1. The summed E-state index contributed by atoms with van der Waals surface area (Å²) < 4.78 is 5.06. The molecule has 0 saturated heterocycles. The summed E-state index contributed by atoms with van der Waals surface area (Å²) in [5, 5.41) is 0. The Morgan fingerprint density at radius 3 is 2.50 bits per heavy atom. The number of ether oxygens (including phenoxy) is 1. The van der Waals surface area contributed by atoms with E-state index < -0.39 is 0 Å². The zero-order chi connectivity index (χ0) is 14.6. The molecule has 3 heteroatoms. The summed E-state index contributed by atoms with van der Waals surface area (Å²) >= 11 is 0. The second-order valence-corrected chi connectivity index (χ2v) is 5.06. The molecule has 0 N–H and O–H groups in total. The van der Waals surface area contributed by atoms with Crippen molar-refractivity contribution in [1.29, 1.82) is 0 Å². The minimum atomic E-state index is -0.126. The number of benzene rings is 1. The molecule has 0 radical (unpaired) electrons. The standard InChI is InChI=1S/C17H27NO2/c1-3-5-6-10-13-18(15-17(19)20-4-2)14-16-11-8-7-9-12-16/h7-9,11-12H,3-6,10,13-15H2,1-2H3. The lowest BCUT2D eigenvalue weighted by molar-refractivity contribution is -0.144. The van der Waals surface area contributed by atoms with Crippen molar-refractivity contribution in [2.75, 3.05) is 19.7 Å². The van der Waals surface area contributed by atoms with Gasteiger partial charge in [0.25, 0.3) is 0 Å². The van der Waals surface area contributed by atoms with Crippen LogP contribution >= 0.6 is 0 Å². The Hall–Kier alpha value is -1.35. The first kappa shape index (κ1) is 16.7. The van der Waals surface area contributed by atoms with E-state index in [1.165, 1.54) is 24.8 Å². The molecule has 0 saturated carbocycles. The van der Waals surface area contributed by atoms with Crippen molar-refractivity contribution in [2.24, 2.45) is 0 Å². The monoisotopic (exact) mass is 277 g/mol. The van der Waals surface area contributed by atoms with E-state index in [4.69, 9.17) is 4.74 Å². The van der Waals surface area contributed by atoms with Crippen molar-refractivity contribution in [3.05, 3.63) is 35.9 Å². The molecule has 0 unspecified atom stereocenters. The van der Waals surface area contributed by atoms with Crippen LogP contribution in [0.15, 0.2) is 30.3 Å². The predicted molar refractivity (Wildman–Crippen MR) is 82.5 cm³/mol. The number of hydrogen-bond acceptors (Lipinski definition) is 3. The average molecular weight is 277 g/mol. The normalized spacial score (nSPS) is 10.8. The van der Waals surface area contributed by atoms with Gasteiger partial charge < -0.3 is 4.74 Å². The Morgan fingerprint density at radius 1 is 1.10 bits per heavy atom. The van der Waals surface area contributed by atoms with Crippen molar-refractivity contribution in [2.45, 2.75) is 46.1 Å². The highest BCUT2D eigenvalue weighted by atomic mass is 16.5. The van der Waals surface area contributed by atoms with E-state index in [2.05, 4.69) is 24.0 Å². The predicted octanol–water partition coefficient (Wildman–Crippen LogP) is 3.63. The van der Waals surface area contributed by atoms with Crippen LogP contribution < -0.4 is 0 Å². The van der Waals surface area contributed by atoms with Crippen molar-refractivity contribution in [3.63, 3.8) is 0 Å². The number of rotatable bonds is 10. The maximum atomic E-state index is 11.7. The Kier molecular flexibility index (Phi) is 8.72. The molecule has 3 nitrogen and oxygen atoms in total. The smallest absolute Gasteiger partial charge is 0.320 e. The second-order valence-electron chi connectivity index (χ2n) is 5.06. The van der Waals surface area contributed by atoms with Gasteiger partial charge in [0, 0.05) is 6.54 Å². The first-order chi connectivity index (χ1) is 9.76. The molecular formula is C17H27NO2. The minimum absolute atomic E-state index is 0.126. The topological polar surface area (TPSA) is 29.5 Å². The molecule has 0 aromatic heterocycles. The molecule has 0 atom stereocenters. The van der Waals surface area contributed by atoms with Gasteiger partial charge in [0.05, 0.1) is 13.2 Å². The van der Waals surface area contributed by atoms with Crippen LogP contribution in [-0.2, 0) is 16.1 Å². The van der Waals surface area contributed by atoms with Crippen LogP contribution in [-0.4, -0.2) is 30.6 Å². The Morgan fingerprint density at radius 2 is 1.85 bits per heavy atom. The fourth-order valence-electron chi connectivity index (χ4n) is 2.21. The zero-order valence-electron chi connectivity index (χ0n) is 12.8. The highest BCUT2D eigenvalue weighted by Crippen LogP contribution is 2.07. The van der Waals surface area contributed by atoms with E-state index in [-0.39, 0.29) is 5.97 Å². The Bertz CT molecular complexity index is 365. The van der Waals surface area contributed by atoms with E-state index in [1.807, 2.05) is 25.1 Å². The molecule has 20 heavy (non-hydrogen) atoms. The lowest BCUT2D eigenvalue weighted by atomic mass is 10.1. The van der Waals surface area contributed by atoms with Gasteiger partial charge in [-0.05, 0) is 25.5 Å². The van der Waals surface area contributed by atoms with E-state index >= 15 is 0 Å². The van der Waals surface area contributed by atoms with E-state index in [0.717, 1.165) is 19.5 Å². The fourth-order valence-corrected chi connectivity index (χ4v) is 2.21. The van der Waals surface area contributed by atoms with Gasteiger partial charge in [0.2, 0.25) is 0 Å². The molecule has 112 valence electrons. The molecule has 0 fully saturated rings. The fraction of sp³-hybridized carbons (Fsp3) is 0.588. The summed E-state index contributed by atoms with van der Waals surface area (Å²) in [6.45, 7) is 6.66. The quantitative estimate of drug-likeness (QED) is 0.483. The minimum Gasteiger partial charge on any atom is -0.465 e. The van der Waals surface area contributed by atoms with Gasteiger partial charge >= 0.3 is 5.97 Å². The number of esters is 1. The molecule has 0 aliphatic carbocycles. The highest BCUT2D eigenvalue weighted by Gasteiger charge is 2.11.